The molecular weight excluding hydrogens is 180 g/mol. The maximum Gasteiger partial charge on any atom is 0.0853 e. The van der Waals surface area contributed by atoms with E-state index >= 15 is 0 Å². The van der Waals surface area contributed by atoms with Crippen LogP contribution >= 0.6 is 0 Å². The highest BCUT2D eigenvalue weighted by Gasteiger charge is 2.22. The highest BCUT2D eigenvalue weighted by molar-refractivity contribution is 4.95. The molecule has 14 heavy (non-hydrogen) atoms. The molecule has 1 aromatic rings. The lowest BCUT2D eigenvalue weighted by Crippen LogP contribution is -2.22. The average Bonchev–Trinajstić information content (AvgIpc) is 2.87. The number of hydrogen-bond donors (Lipinski definition) is 2. The fourth-order valence-electron chi connectivity index (χ4n) is 1.41. The number of aliphatic hydroxyl groups excluding tert-OH is 1. The van der Waals surface area contributed by atoms with Gasteiger partial charge in [0, 0.05) is 25.7 Å². The van der Waals surface area contributed by atoms with Crippen molar-refractivity contribution < 1.29 is 5.11 Å². The third-order valence-electron chi connectivity index (χ3n) is 2.45. The fraction of sp³-hybridized carbons (Fsp3) is 0.778. The molecule has 3 N–H and O–H groups in total. The molecule has 0 aromatic carbocycles. The van der Waals surface area contributed by atoms with E-state index in [0.717, 1.165) is 18.2 Å². The van der Waals surface area contributed by atoms with Gasteiger partial charge in [-0.05, 0) is 18.8 Å². The van der Waals surface area contributed by atoms with Gasteiger partial charge in [-0.2, -0.15) is 0 Å². The number of nitrogens with zero attached hydrogens (tertiary/aromatic N) is 3. The Morgan fingerprint density at radius 2 is 2.43 bits per heavy atom. The van der Waals surface area contributed by atoms with Crippen molar-refractivity contribution in [3.63, 3.8) is 0 Å². The van der Waals surface area contributed by atoms with Gasteiger partial charge in [-0.1, -0.05) is 5.21 Å². The summed E-state index contributed by atoms with van der Waals surface area (Å²) < 4.78 is 1.86. The molecule has 1 aliphatic rings. The van der Waals surface area contributed by atoms with Crippen LogP contribution in [0.15, 0.2) is 6.20 Å². The Bertz CT molecular complexity index is 295. The molecule has 1 atom stereocenters. The van der Waals surface area contributed by atoms with Gasteiger partial charge >= 0.3 is 0 Å². The van der Waals surface area contributed by atoms with E-state index < -0.39 is 6.10 Å². The molecule has 1 fully saturated rings. The molecule has 5 nitrogen and oxygen atoms in total. The molecule has 0 radical (unpaired) electrons. The van der Waals surface area contributed by atoms with E-state index in [1.807, 2.05) is 10.9 Å². The molecule has 1 heterocycles. The van der Waals surface area contributed by atoms with E-state index in [0.29, 0.717) is 6.42 Å². The first-order valence-electron chi connectivity index (χ1n) is 5.05. The number of aromatic nitrogens is 3. The quantitative estimate of drug-likeness (QED) is 0.668. The van der Waals surface area contributed by atoms with Crippen molar-refractivity contribution in [3.8, 4) is 0 Å². The zero-order valence-electron chi connectivity index (χ0n) is 8.13. The Labute approximate surface area is 82.9 Å². The van der Waals surface area contributed by atoms with Gasteiger partial charge in [-0.3, -0.25) is 4.68 Å². The minimum absolute atomic E-state index is 0.273. The Hall–Kier alpha value is -0.940. The first-order valence-corrected chi connectivity index (χ1v) is 5.05. The second-order valence-electron chi connectivity index (χ2n) is 3.97. The van der Waals surface area contributed by atoms with Crippen LogP contribution in [-0.4, -0.2) is 32.7 Å². The fourth-order valence-corrected chi connectivity index (χ4v) is 1.41. The maximum absolute atomic E-state index is 9.31. The van der Waals surface area contributed by atoms with Gasteiger partial charge in [0.05, 0.1) is 11.8 Å². The third kappa shape index (κ3) is 2.52. The summed E-state index contributed by atoms with van der Waals surface area (Å²) in [7, 11) is 0. The summed E-state index contributed by atoms with van der Waals surface area (Å²) in [4.78, 5) is 0. The van der Waals surface area contributed by atoms with Crippen LogP contribution in [-0.2, 0) is 13.0 Å². The largest absolute Gasteiger partial charge is 0.391 e. The van der Waals surface area contributed by atoms with Crippen LogP contribution in [0.2, 0.25) is 0 Å². The highest BCUT2D eigenvalue weighted by atomic mass is 16.3. The minimum atomic E-state index is -0.499. The van der Waals surface area contributed by atoms with Gasteiger partial charge in [0.1, 0.15) is 0 Å². The summed E-state index contributed by atoms with van der Waals surface area (Å²) in [5, 5.41) is 17.3. The monoisotopic (exact) mass is 196 g/mol. The Kier molecular flexibility index (Phi) is 2.79. The van der Waals surface area contributed by atoms with E-state index in [1.165, 1.54) is 12.8 Å². The zero-order chi connectivity index (χ0) is 9.97. The summed E-state index contributed by atoms with van der Waals surface area (Å²) in [5.41, 5.74) is 6.14. The van der Waals surface area contributed by atoms with Crippen LogP contribution < -0.4 is 5.73 Å². The molecule has 78 valence electrons. The summed E-state index contributed by atoms with van der Waals surface area (Å²) in [6.45, 7) is 1.24. The molecule has 0 bridgehead atoms. The van der Waals surface area contributed by atoms with Crippen LogP contribution in [0.25, 0.3) is 0 Å². The average molecular weight is 196 g/mol. The summed E-state index contributed by atoms with van der Waals surface area (Å²) in [5.74, 6) is 0.795. The molecule has 1 aromatic heterocycles. The van der Waals surface area contributed by atoms with Crippen molar-refractivity contribution in [2.24, 2.45) is 11.7 Å². The molecule has 0 amide bonds. The SMILES string of the molecule is NCC(O)Cc1cn(CC2CC2)nn1. The minimum Gasteiger partial charge on any atom is -0.391 e. The van der Waals surface area contributed by atoms with Gasteiger partial charge in [-0.15, -0.1) is 5.10 Å². The van der Waals surface area contributed by atoms with Crippen molar-refractivity contribution in [1.82, 2.24) is 15.0 Å². The van der Waals surface area contributed by atoms with Gasteiger partial charge in [0.25, 0.3) is 0 Å². The van der Waals surface area contributed by atoms with Gasteiger partial charge in [0.15, 0.2) is 0 Å². The topological polar surface area (TPSA) is 77.0 Å². The van der Waals surface area contributed by atoms with Gasteiger partial charge in [-0.25, -0.2) is 0 Å². The van der Waals surface area contributed by atoms with Crippen molar-refractivity contribution in [2.45, 2.75) is 31.9 Å². The second kappa shape index (κ2) is 4.06. The Morgan fingerprint density at radius 3 is 3.07 bits per heavy atom. The van der Waals surface area contributed by atoms with Gasteiger partial charge < -0.3 is 10.8 Å². The predicted molar refractivity (Wildman–Crippen MR) is 51.5 cm³/mol. The first kappa shape index (κ1) is 9.61. The van der Waals surface area contributed by atoms with Crippen molar-refractivity contribution >= 4 is 0 Å². The smallest absolute Gasteiger partial charge is 0.0853 e. The van der Waals surface area contributed by atoms with E-state index in [9.17, 15) is 5.11 Å². The van der Waals surface area contributed by atoms with Crippen LogP contribution in [0.4, 0.5) is 0 Å². The lowest BCUT2D eigenvalue weighted by Gasteiger charge is -2.02. The number of hydrogen-bond acceptors (Lipinski definition) is 4. The second-order valence-corrected chi connectivity index (χ2v) is 3.97. The van der Waals surface area contributed by atoms with E-state index in [2.05, 4.69) is 10.3 Å². The predicted octanol–water partition coefficient (Wildman–Crippen LogP) is -0.450. The van der Waals surface area contributed by atoms with Crippen LogP contribution in [0.1, 0.15) is 18.5 Å². The maximum atomic E-state index is 9.31. The van der Waals surface area contributed by atoms with E-state index in [1.54, 1.807) is 0 Å². The highest BCUT2D eigenvalue weighted by Crippen LogP contribution is 2.30. The molecule has 0 spiro atoms. The molecule has 1 unspecified atom stereocenters. The lowest BCUT2D eigenvalue weighted by atomic mass is 10.2. The van der Waals surface area contributed by atoms with Crippen molar-refractivity contribution in [2.75, 3.05) is 6.54 Å². The van der Waals surface area contributed by atoms with E-state index in [-0.39, 0.29) is 6.54 Å². The zero-order valence-corrected chi connectivity index (χ0v) is 8.13. The Balaban J connectivity index is 1.88. The molecular formula is C9H16N4O. The normalized spacial score (nSPS) is 18.4. The van der Waals surface area contributed by atoms with Crippen molar-refractivity contribution in [1.29, 1.82) is 0 Å². The lowest BCUT2D eigenvalue weighted by molar-refractivity contribution is 0.182. The molecule has 0 aliphatic heterocycles. The summed E-state index contributed by atoms with van der Waals surface area (Å²) >= 11 is 0. The van der Waals surface area contributed by atoms with Crippen LogP contribution in [0.5, 0.6) is 0 Å². The summed E-state index contributed by atoms with van der Waals surface area (Å²) in [6, 6.07) is 0. The van der Waals surface area contributed by atoms with Crippen LogP contribution in [0.3, 0.4) is 0 Å². The molecule has 1 aliphatic carbocycles. The number of aliphatic hydroxyl groups is 1. The number of rotatable bonds is 5. The molecule has 5 heteroatoms. The van der Waals surface area contributed by atoms with E-state index in [4.69, 9.17) is 5.73 Å². The van der Waals surface area contributed by atoms with Crippen LogP contribution in [0, 0.1) is 5.92 Å². The molecule has 0 saturated heterocycles. The number of nitrogens with two attached hydrogens (primary N) is 1. The molecule has 2 rings (SSSR count). The molecule has 1 saturated carbocycles. The van der Waals surface area contributed by atoms with Gasteiger partial charge in [0.2, 0.25) is 0 Å². The first-order chi connectivity index (χ1) is 6.78. The third-order valence-corrected chi connectivity index (χ3v) is 2.45. The Morgan fingerprint density at radius 1 is 1.64 bits per heavy atom. The standard InChI is InChI=1S/C9H16N4O/c10-4-9(14)3-8-6-13(12-11-8)5-7-1-2-7/h6-7,9,14H,1-5,10H2. The summed E-state index contributed by atoms with van der Waals surface area (Å²) in [6.07, 6.45) is 4.51. The van der Waals surface area contributed by atoms with Crippen molar-refractivity contribution in [3.05, 3.63) is 11.9 Å².